The molecule has 0 spiro atoms. The predicted molar refractivity (Wildman–Crippen MR) is 65.2 cm³/mol. The number of benzene rings is 1. The van der Waals surface area contributed by atoms with Crippen LogP contribution >= 0.6 is 0 Å². The van der Waals surface area contributed by atoms with Crippen LogP contribution in [-0.2, 0) is 0 Å². The molecule has 0 heterocycles. The maximum atomic E-state index is 13.7. The normalized spacial score (nSPS) is 14.7. The zero-order valence-electron chi connectivity index (χ0n) is 10.6. The molecule has 0 saturated carbocycles. The van der Waals surface area contributed by atoms with E-state index in [2.05, 4.69) is 12.3 Å². The van der Waals surface area contributed by atoms with E-state index in [1.54, 1.807) is 6.92 Å². The van der Waals surface area contributed by atoms with Gasteiger partial charge >= 0.3 is 0 Å². The summed E-state index contributed by atoms with van der Waals surface area (Å²) in [5.41, 5.74) is 3.50. The summed E-state index contributed by atoms with van der Waals surface area (Å²) < 4.78 is 26.9. The zero-order valence-corrected chi connectivity index (χ0v) is 10.6. The van der Waals surface area contributed by atoms with Crippen LogP contribution < -0.4 is 11.3 Å². The van der Waals surface area contributed by atoms with Gasteiger partial charge in [0.15, 0.2) is 0 Å². The molecular formula is C13H20F2N2. The largest absolute Gasteiger partial charge is 0.271 e. The molecule has 96 valence electrons. The molecule has 0 amide bonds. The van der Waals surface area contributed by atoms with Crippen molar-refractivity contribution < 1.29 is 8.78 Å². The van der Waals surface area contributed by atoms with Gasteiger partial charge in [-0.15, -0.1) is 0 Å². The molecule has 17 heavy (non-hydrogen) atoms. The van der Waals surface area contributed by atoms with Crippen molar-refractivity contribution in [3.8, 4) is 0 Å². The Morgan fingerprint density at radius 1 is 1.29 bits per heavy atom. The molecule has 0 fully saturated rings. The zero-order chi connectivity index (χ0) is 13.0. The van der Waals surface area contributed by atoms with Crippen molar-refractivity contribution >= 4 is 0 Å². The third kappa shape index (κ3) is 3.23. The van der Waals surface area contributed by atoms with E-state index in [1.807, 2.05) is 6.92 Å². The number of nitrogens with one attached hydrogen (secondary N) is 1. The molecule has 2 unspecified atom stereocenters. The smallest absolute Gasteiger partial charge is 0.130 e. The van der Waals surface area contributed by atoms with Gasteiger partial charge < -0.3 is 0 Å². The molecule has 0 saturated heterocycles. The van der Waals surface area contributed by atoms with E-state index >= 15 is 0 Å². The standard InChI is InChI=1S/C13H20F2N2/c1-4-5-8(2)13(17-16)10-6-9(3)11(14)7-12(10)15/h6-8,13,17H,4-5,16H2,1-3H3. The van der Waals surface area contributed by atoms with Crippen LogP contribution in [0.25, 0.3) is 0 Å². The number of hydrazine groups is 1. The van der Waals surface area contributed by atoms with Crippen molar-refractivity contribution in [3.63, 3.8) is 0 Å². The topological polar surface area (TPSA) is 38.0 Å². The molecule has 1 rings (SSSR count). The number of hydrogen-bond donors (Lipinski definition) is 2. The van der Waals surface area contributed by atoms with Crippen LogP contribution in [0.4, 0.5) is 8.78 Å². The Morgan fingerprint density at radius 3 is 2.47 bits per heavy atom. The molecule has 2 atom stereocenters. The molecule has 0 aliphatic carbocycles. The molecule has 0 aliphatic heterocycles. The molecule has 1 aromatic rings. The second kappa shape index (κ2) is 6.07. The Morgan fingerprint density at radius 2 is 1.94 bits per heavy atom. The predicted octanol–water partition coefficient (Wildman–Crippen LogP) is 3.21. The fourth-order valence-electron chi connectivity index (χ4n) is 2.10. The molecule has 4 heteroatoms. The van der Waals surface area contributed by atoms with Crippen molar-refractivity contribution in [3.05, 3.63) is 34.9 Å². The van der Waals surface area contributed by atoms with Crippen LogP contribution in [0.1, 0.15) is 43.9 Å². The van der Waals surface area contributed by atoms with Gasteiger partial charge in [0.1, 0.15) is 11.6 Å². The van der Waals surface area contributed by atoms with Gasteiger partial charge in [-0.2, -0.15) is 0 Å². The van der Waals surface area contributed by atoms with Crippen LogP contribution in [0.5, 0.6) is 0 Å². The monoisotopic (exact) mass is 242 g/mol. The summed E-state index contributed by atoms with van der Waals surface area (Å²) >= 11 is 0. The lowest BCUT2D eigenvalue weighted by Gasteiger charge is -2.24. The van der Waals surface area contributed by atoms with E-state index in [-0.39, 0.29) is 12.0 Å². The first-order valence-electron chi connectivity index (χ1n) is 5.92. The van der Waals surface area contributed by atoms with E-state index in [9.17, 15) is 8.78 Å². The van der Waals surface area contributed by atoms with Gasteiger partial charge in [-0.3, -0.25) is 11.3 Å². The Kier molecular flexibility index (Phi) is 5.02. The summed E-state index contributed by atoms with van der Waals surface area (Å²) in [7, 11) is 0. The summed E-state index contributed by atoms with van der Waals surface area (Å²) in [4.78, 5) is 0. The van der Waals surface area contributed by atoms with Gasteiger partial charge in [-0.1, -0.05) is 20.3 Å². The van der Waals surface area contributed by atoms with Gasteiger partial charge in [-0.05, 0) is 30.9 Å². The lowest BCUT2D eigenvalue weighted by molar-refractivity contribution is 0.356. The molecule has 3 N–H and O–H groups in total. The average Bonchev–Trinajstić information content (AvgIpc) is 2.26. The Bertz CT molecular complexity index is 380. The summed E-state index contributed by atoms with van der Waals surface area (Å²) in [6, 6.07) is 2.17. The Hall–Kier alpha value is -1.00. The van der Waals surface area contributed by atoms with Crippen LogP contribution in [-0.4, -0.2) is 0 Å². The summed E-state index contributed by atoms with van der Waals surface area (Å²) in [6.45, 7) is 5.69. The van der Waals surface area contributed by atoms with Gasteiger partial charge in [0.2, 0.25) is 0 Å². The van der Waals surface area contributed by atoms with E-state index < -0.39 is 11.6 Å². The van der Waals surface area contributed by atoms with Crippen molar-refractivity contribution in [2.45, 2.75) is 39.7 Å². The minimum Gasteiger partial charge on any atom is -0.271 e. The lowest BCUT2D eigenvalue weighted by Crippen LogP contribution is -2.33. The number of nitrogens with two attached hydrogens (primary N) is 1. The highest BCUT2D eigenvalue weighted by atomic mass is 19.1. The molecular weight excluding hydrogens is 222 g/mol. The highest BCUT2D eigenvalue weighted by molar-refractivity contribution is 5.28. The van der Waals surface area contributed by atoms with E-state index in [1.165, 1.54) is 6.07 Å². The minimum absolute atomic E-state index is 0.198. The molecule has 2 nitrogen and oxygen atoms in total. The lowest BCUT2D eigenvalue weighted by atomic mass is 9.90. The third-order valence-electron chi connectivity index (χ3n) is 3.11. The van der Waals surface area contributed by atoms with Gasteiger partial charge in [0.25, 0.3) is 0 Å². The number of aryl methyl sites for hydroxylation is 1. The highest BCUT2D eigenvalue weighted by Crippen LogP contribution is 2.28. The van der Waals surface area contributed by atoms with E-state index in [0.717, 1.165) is 18.9 Å². The Balaban J connectivity index is 3.07. The quantitative estimate of drug-likeness (QED) is 0.614. The van der Waals surface area contributed by atoms with E-state index in [0.29, 0.717) is 11.1 Å². The SMILES string of the molecule is CCCC(C)C(NN)c1cc(C)c(F)cc1F. The Labute approximate surface area is 101 Å². The molecule has 0 radical (unpaired) electrons. The number of halogens is 2. The summed E-state index contributed by atoms with van der Waals surface area (Å²) in [5.74, 6) is 4.62. The molecule has 1 aromatic carbocycles. The van der Waals surface area contributed by atoms with Gasteiger partial charge in [0, 0.05) is 11.6 Å². The van der Waals surface area contributed by atoms with Crippen LogP contribution in [0, 0.1) is 24.5 Å². The van der Waals surface area contributed by atoms with Crippen LogP contribution in [0.2, 0.25) is 0 Å². The number of rotatable bonds is 5. The second-order valence-electron chi connectivity index (χ2n) is 4.53. The van der Waals surface area contributed by atoms with Crippen LogP contribution in [0.15, 0.2) is 12.1 Å². The first kappa shape index (κ1) is 14.1. The van der Waals surface area contributed by atoms with Gasteiger partial charge in [0.05, 0.1) is 6.04 Å². The summed E-state index contributed by atoms with van der Waals surface area (Å²) in [6.07, 6.45) is 1.94. The number of hydrogen-bond acceptors (Lipinski definition) is 2. The van der Waals surface area contributed by atoms with Crippen LogP contribution in [0.3, 0.4) is 0 Å². The van der Waals surface area contributed by atoms with E-state index in [4.69, 9.17) is 5.84 Å². The van der Waals surface area contributed by atoms with Crippen molar-refractivity contribution in [1.82, 2.24) is 5.43 Å². The molecule has 0 bridgehead atoms. The average molecular weight is 242 g/mol. The van der Waals surface area contributed by atoms with Crippen molar-refractivity contribution in [1.29, 1.82) is 0 Å². The fourth-order valence-corrected chi connectivity index (χ4v) is 2.10. The maximum Gasteiger partial charge on any atom is 0.130 e. The first-order chi connectivity index (χ1) is 8.01. The maximum absolute atomic E-state index is 13.7. The third-order valence-corrected chi connectivity index (χ3v) is 3.11. The van der Waals surface area contributed by atoms with Crippen molar-refractivity contribution in [2.75, 3.05) is 0 Å². The minimum atomic E-state index is -0.543. The highest BCUT2D eigenvalue weighted by Gasteiger charge is 2.21. The fraction of sp³-hybridized carbons (Fsp3) is 0.538. The van der Waals surface area contributed by atoms with Gasteiger partial charge in [-0.25, -0.2) is 8.78 Å². The molecule has 0 aliphatic rings. The second-order valence-corrected chi connectivity index (χ2v) is 4.53. The molecule has 0 aromatic heterocycles. The summed E-state index contributed by atoms with van der Waals surface area (Å²) in [5, 5.41) is 0. The van der Waals surface area contributed by atoms with Crippen molar-refractivity contribution in [2.24, 2.45) is 11.8 Å². The first-order valence-corrected chi connectivity index (χ1v) is 5.92.